The van der Waals surface area contributed by atoms with Crippen molar-refractivity contribution < 1.29 is 19.4 Å². The van der Waals surface area contributed by atoms with Crippen LogP contribution in [0, 0.1) is 10.8 Å². The maximum Gasteiger partial charge on any atom is 0.159 e. The molecule has 3 fully saturated rings. The molecule has 0 radical (unpaired) electrons. The second kappa shape index (κ2) is 3.13. The molecular formula is C15H20O4. The lowest BCUT2D eigenvalue weighted by molar-refractivity contribution is -0.204. The van der Waals surface area contributed by atoms with Crippen LogP contribution in [0.2, 0.25) is 0 Å². The summed E-state index contributed by atoms with van der Waals surface area (Å²) in [7, 11) is 0. The first-order valence-corrected chi connectivity index (χ1v) is 7.04. The first kappa shape index (κ1) is 12.1. The molecule has 4 nitrogen and oxygen atoms in total. The second-order valence-electron chi connectivity index (χ2n) is 7.04. The minimum atomic E-state index is -0.463. The third-order valence-electron chi connectivity index (χ3n) is 6.45. The number of ketones is 1. The van der Waals surface area contributed by atoms with Gasteiger partial charge < -0.3 is 14.6 Å². The van der Waals surface area contributed by atoms with Crippen LogP contribution in [-0.4, -0.2) is 41.4 Å². The number of carbonyl (C=O) groups is 1. The van der Waals surface area contributed by atoms with Crippen LogP contribution < -0.4 is 0 Å². The molecule has 104 valence electrons. The minimum absolute atomic E-state index is 0.0390. The van der Waals surface area contributed by atoms with Gasteiger partial charge in [-0.15, -0.1) is 0 Å². The van der Waals surface area contributed by atoms with Gasteiger partial charge in [0.15, 0.2) is 5.78 Å². The van der Waals surface area contributed by atoms with Crippen LogP contribution >= 0.6 is 0 Å². The van der Waals surface area contributed by atoms with E-state index >= 15 is 0 Å². The molecule has 0 aromatic heterocycles. The number of aliphatic hydroxyl groups excluding tert-OH is 1. The molecule has 19 heavy (non-hydrogen) atoms. The number of Topliss-reactive ketones (excluding diaryl/α,β-unsaturated/α-hetero) is 1. The summed E-state index contributed by atoms with van der Waals surface area (Å²) in [6, 6.07) is 0. The molecule has 0 aromatic rings. The number of ether oxygens (including phenoxy) is 2. The van der Waals surface area contributed by atoms with Crippen LogP contribution in [0.15, 0.2) is 11.6 Å². The second-order valence-corrected chi connectivity index (χ2v) is 7.04. The van der Waals surface area contributed by atoms with Crippen LogP contribution in [0.25, 0.3) is 0 Å². The lowest BCUT2D eigenvalue weighted by atomic mass is 9.52. The van der Waals surface area contributed by atoms with Crippen LogP contribution in [0.3, 0.4) is 0 Å². The van der Waals surface area contributed by atoms with Crippen molar-refractivity contribution in [1.82, 2.24) is 0 Å². The highest BCUT2D eigenvalue weighted by Crippen LogP contribution is 2.70. The molecule has 4 rings (SSSR count). The summed E-state index contributed by atoms with van der Waals surface area (Å²) in [6.07, 6.45) is 2.41. The maximum atomic E-state index is 12.2. The van der Waals surface area contributed by atoms with Gasteiger partial charge in [0, 0.05) is 23.7 Å². The van der Waals surface area contributed by atoms with E-state index in [1.165, 1.54) is 0 Å². The lowest BCUT2D eigenvalue weighted by Crippen LogP contribution is -2.64. The largest absolute Gasteiger partial charge is 0.392 e. The number of aliphatic hydroxyl groups is 1. The van der Waals surface area contributed by atoms with E-state index < -0.39 is 11.5 Å². The molecule has 0 amide bonds. The molecule has 4 heteroatoms. The first-order chi connectivity index (χ1) is 8.85. The fourth-order valence-electron chi connectivity index (χ4n) is 4.76. The molecular weight excluding hydrogens is 244 g/mol. The smallest absolute Gasteiger partial charge is 0.159 e. The number of hydrogen-bond donors (Lipinski definition) is 1. The number of fused-ring (bicyclic) bond motifs is 2. The number of allylic oxidation sites excluding steroid dienone is 1. The van der Waals surface area contributed by atoms with Gasteiger partial charge in [-0.3, -0.25) is 4.79 Å². The zero-order valence-electron chi connectivity index (χ0n) is 11.6. The average molecular weight is 264 g/mol. The summed E-state index contributed by atoms with van der Waals surface area (Å²) < 4.78 is 12.0. The van der Waals surface area contributed by atoms with Gasteiger partial charge in [0.2, 0.25) is 0 Å². The SMILES string of the molecule is CC1=C[C@H]2O[C@@H]3C[C@@H](O)[C@](C)([C@@]2(C)CC1=O)[C@@]31CO1. The van der Waals surface area contributed by atoms with Crippen LogP contribution in [0.5, 0.6) is 0 Å². The third-order valence-corrected chi connectivity index (χ3v) is 6.45. The van der Waals surface area contributed by atoms with E-state index in [4.69, 9.17) is 9.47 Å². The standard InChI is InChI=1S/C15H20O4/c1-8-4-11-13(2,6-9(8)16)14(3)10(17)5-12(19-11)15(14)7-18-15/h4,10-12,17H,5-7H2,1-3H3/t10-,11-,12-,13+,14-,15-/m1/s1. The highest BCUT2D eigenvalue weighted by Gasteiger charge is 2.80. The van der Waals surface area contributed by atoms with Crippen LogP contribution in [0.1, 0.15) is 33.6 Å². The monoisotopic (exact) mass is 264 g/mol. The average Bonchev–Trinajstić information content (AvgIpc) is 3.10. The molecule has 4 aliphatic rings. The van der Waals surface area contributed by atoms with Gasteiger partial charge in [-0.05, 0) is 18.6 Å². The zero-order chi connectivity index (χ0) is 13.6. The third kappa shape index (κ3) is 1.08. The van der Waals surface area contributed by atoms with Crippen molar-refractivity contribution in [3.8, 4) is 0 Å². The van der Waals surface area contributed by atoms with Gasteiger partial charge in [-0.2, -0.15) is 0 Å². The summed E-state index contributed by atoms with van der Waals surface area (Å²) >= 11 is 0. The number of epoxide rings is 1. The van der Waals surface area contributed by atoms with Gasteiger partial charge in [0.05, 0.1) is 24.9 Å². The van der Waals surface area contributed by atoms with Crippen molar-refractivity contribution >= 4 is 5.78 Å². The van der Waals surface area contributed by atoms with Crippen molar-refractivity contribution in [3.63, 3.8) is 0 Å². The fourth-order valence-corrected chi connectivity index (χ4v) is 4.76. The Hall–Kier alpha value is -0.710. The quantitative estimate of drug-likeness (QED) is 0.668. The Morgan fingerprint density at radius 1 is 1.42 bits per heavy atom. The van der Waals surface area contributed by atoms with E-state index in [9.17, 15) is 9.90 Å². The molecule has 1 spiro atoms. The van der Waals surface area contributed by atoms with Crippen molar-refractivity contribution in [2.24, 2.45) is 10.8 Å². The molecule has 1 N–H and O–H groups in total. The van der Waals surface area contributed by atoms with Crippen molar-refractivity contribution in [2.75, 3.05) is 6.61 Å². The van der Waals surface area contributed by atoms with Crippen molar-refractivity contribution in [1.29, 1.82) is 0 Å². The Bertz CT molecular complexity index is 506. The van der Waals surface area contributed by atoms with Crippen molar-refractivity contribution in [2.45, 2.75) is 57.5 Å². The van der Waals surface area contributed by atoms with Crippen molar-refractivity contribution in [3.05, 3.63) is 11.6 Å². The van der Waals surface area contributed by atoms with Crippen LogP contribution in [-0.2, 0) is 14.3 Å². The van der Waals surface area contributed by atoms with Gasteiger partial charge in [0.25, 0.3) is 0 Å². The predicted molar refractivity (Wildman–Crippen MR) is 67.6 cm³/mol. The van der Waals surface area contributed by atoms with E-state index in [-0.39, 0.29) is 29.0 Å². The van der Waals surface area contributed by atoms with E-state index in [1.54, 1.807) is 0 Å². The molecule has 2 bridgehead atoms. The normalized spacial score (nSPS) is 59.1. The Morgan fingerprint density at radius 2 is 2.11 bits per heavy atom. The van der Waals surface area contributed by atoms with E-state index in [1.807, 2.05) is 13.0 Å². The Labute approximate surface area is 112 Å². The molecule has 2 heterocycles. The van der Waals surface area contributed by atoms with Gasteiger partial charge >= 0.3 is 0 Å². The van der Waals surface area contributed by atoms with Crippen LogP contribution in [0.4, 0.5) is 0 Å². The summed E-state index contributed by atoms with van der Waals surface area (Å²) in [5, 5.41) is 10.6. The summed E-state index contributed by atoms with van der Waals surface area (Å²) in [6.45, 7) is 6.66. The molecule has 2 saturated heterocycles. The molecule has 6 atom stereocenters. The Balaban J connectivity index is 1.90. The molecule has 0 unspecified atom stereocenters. The first-order valence-electron chi connectivity index (χ1n) is 7.04. The topological polar surface area (TPSA) is 59.1 Å². The molecule has 0 aromatic carbocycles. The van der Waals surface area contributed by atoms with E-state index in [0.717, 1.165) is 5.57 Å². The summed E-state index contributed by atoms with van der Waals surface area (Å²) in [5.74, 6) is 0.164. The Kier molecular flexibility index (Phi) is 1.99. The predicted octanol–water partition coefficient (Wildman–Crippen LogP) is 1.22. The highest BCUT2D eigenvalue weighted by molar-refractivity contribution is 5.96. The molecule has 1 saturated carbocycles. The maximum absolute atomic E-state index is 12.2. The summed E-state index contributed by atoms with van der Waals surface area (Å²) in [4.78, 5) is 12.2. The van der Waals surface area contributed by atoms with Gasteiger partial charge in [-0.25, -0.2) is 0 Å². The van der Waals surface area contributed by atoms with E-state index in [2.05, 4.69) is 13.8 Å². The summed E-state index contributed by atoms with van der Waals surface area (Å²) in [5.41, 5.74) is -0.364. The lowest BCUT2D eigenvalue weighted by Gasteiger charge is -2.56. The molecule has 2 aliphatic heterocycles. The number of rotatable bonds is 0. The minimum Gasteiger partial charge on any atom is -0.392 e. The zero-order valence-corrected chi connectivity index (χ0v) is 11.6. The van der Waals surface area contributed by atoms with E-state index in [0.29, 0.717) is 19.4 Å². The van der Waals surface area contributed by atoms with Gasteiger partial charge in [0.1, 0.15) is 5.60 Å². The fraction of sp³-hybridized carbons (Fsp3) is 0.800. The van der Waals surface area contributed by atoms with Gasteiger partial charge in [-0.1, -0.05) is 13.8 Å². The Morgan fingerprint density at radius 3 is 2.74 bits per heavy atom. The highest BCUT2D eigenvalue weighted by atomic mass is 16.6. The number of carbonyl (C=O) groups excluding carboxylic acids is 1. The molecule has 2 aliphatic carbocycles. The number of hydrogen-bond acceptors (Lipinski definition) is 4.